The largest absolute Gasteiger partial charge is 0.311 e. The van der Waals surface area contributed by atoms with E-state index in [1.54, 1.807) is 11.8 Å². The molecule has 2 aliphatic rings. The van der Waals surface area contributed by atoms with Crippen molar-refractivity contribution < 1.29 is 4.79 Å². The highest BCUT2D eigenvalue weighted by atomic mass is 32.2. The summed E-state index contributed by atoms with van der Waals surface area (Å²) in [6.07, 6.45) is 7.50. The Morgan fingerprint density at radius 2 is 2.00 bits per heavy atom. The number of carbonyl (C=O) groups is 1. The van der Waals surface area contributed by atoms with Gasteiger partial charge in [-0.05, 0) is 50.0 Å². The molecule has 0 radical (unpaired) electrons. The lowest BCUT2D eigenvalue weighted by atomic mass is 9.89. The Hall–Kier alpha value is -1.37. The summed E-state index contributed by atoms with van der Waals surface area (Å²) in [6, 6.07) is 9.63. The van der Waals surface area contributed by atoms with Gasteiger partial charge in [-0.1, -0.05) is 12.1 Å². The number of fused-ring (bicyclic) bond motifs is 2. The van der Waals surface area contributed by atoms with E-state index in [-0.39, 0.29) is 5.91 Å². The van der Waals surface area contributed by atoms with Gasteiger partial charge in [0.25, 0.3) is 0 Å². The number of hydrogen-bond donors (Lipinski definition) is 2. The number of amides is 1. The van der Waals surface area contributed by atoms with E-state index >= 15 is 0 Å². The maximum Gasteiger partial charge on any atom is 0.226 e. The first-order valence-corrected chi connectivity index (χ1v) is 11.0. The second-order valence-electron chi connectivity index (χ2n) is 6.99. The van der Waals surface area contributed by atoms with Crippen LogP contribution < -0.4 is 10.6 Å². The summed E-state index contributed by atoms with van der Waals surface area (Å²) < 4.78 is 0. The Balaban J connectivity index is 1.34. The zero-order valence-corrected chi connectivity index (χ0v) is 16.0. The minimum Gasteiger partial charge on any atom is -0.311 e. The van der Waals surface area contributed by atoms with E-state index in [9.17, 15) is 4.79 Å². The highest BCUT2D eigenvalue weighted by Crippen LogP contribution is 2.33. The van der Waals surface area contributed by atoms with Gasteiger partial charge in [-0.15, -0.1) is 23.1 Å². The molecule has 2 atom stereocenters. The SMILES string of the molecule is CSc1ccc(-c2csc(NC(=O)CC3CC4CCC(C3)N4)n2)cc1. The van der Waals surface area contributed by atoms with Gasteiger partial charge in [0.05, 0.1) is 5.69 Å². The predicted octanol–water partition coefficient (Wildman–Crippen LogP) is 4.39. The molecule has 25 heavy (non-hydrogen) atoms. The van der Waals surface area contributed by atoms with Crippen LogP contribution >= 0.6 is 23.1 Å². The molecular weight excluding hydrogens is 350 g/mol. The van der Waals surface area contributed by atoms with E-state index in [1.807, 2.05) is 5.38 Å². The highest BCUT2D eigenvalue weighted by molar-refractivity contribution is 7.98. The quantitative estimate of drug-likeness (QED) is 0.763. The molecule has 0 aliphatic carbocycles. The summed E-state index contributed by atoms with van der Waals surface area (Å²) in [4.78, 5) is 18.2. The van der Waals surface area contributed by atoms with Gasteiger partial charge in [0, 0.05) is 34.3 Å². The number of nitrogens with one attached hydrogen (secondary N) is 2. The molecule has 132 valence electrons. The van der Waals surface area contributed by atoms with Gasteiger partial charge in [0.15, 0.2) is 5.13 Å². The summed E-state index contributed by atoms with van der Waals surface area (Å²) >= 11 is 3.23. The number of aromatic nitrogens is 1. The Kier molecular flexibility index (Phi) is 5.10. The predicted molar refractivity (Wildman–Crippen MR) is 105 cm³/mol. The number of benzene rings is 1. The Labute approximate surface area is 156 Å². The fourth-order valence-corrected chi connectivity index (χ4v) is 5.14. The average molecular weight is 374 g/mol. The maximum atomic E-state index is 12.4. The molecule has 2 fully saturated rings. The third-order valence-corrected chi connectivity index (χ3v) is 6.68. The normalized spacial score (nSPS) is 25.1. The summed E-state index contributed by atoms with van der Waals surface area (Å²) in [5.74, 6) is 0.613. The molecule has 1 aromatic heterocycles. The van der Waals surface area contributed by atoms with Crippen LogP contribution in [0.15, 0.2) is 34.5 Å². The molecule has 3 heterocycles. The molecule has 4 nitrogen and oxygen atoms in total. The molecule has 6 heteroatoms. The molecule has 2 aliphatic heterocycles. The van der Waals surface area contributed by atoms with Gasteiger partial charge < -0.3 is 10.6 Å². The highest BCUT2D eigenvalue weighted by Gasteiger charge is 2.34. The van der Waals surface area contributed by atoms with E-state index in [4.69, 9.17) is 0 Å². The van der Waals surface area contributed by atoms with Gasteiger partial charge in [0.1, 0.15) is 0 Å². The third kappa shape index (κ3) is 4.07. The van der Waals surface area contributed by atoms with Crippen molar-refractivity contribution in [1.82, 2.24) is 10.3 Å². The van der Waals surface area contributed by atoms with Crippen LogP contribution in [-0.2, 0) is 4.79 Å². The van der Waals surface area contributed by atoms with Crippen LogP contribution in [0.5, 0.6) is 0 Å². The summed E-state index contributed by atoms with van der Waals surface area (Å²) in [5.41, 5.74) is 2.01. The second kappa shape index (κ2) is 7.48. The molecular formula is C19H23N3OS2. The van der Waals surface area contributed by atoms with E-state index in [1.165, 1.54) is 29.1 Å². The van der Waals surface area contributed by atoms with Crippen LogP contribution in [0, 0.1) is 5.92 Å². The van der Waals surface area contributed by atoms with Crippen molar-refractivity contribution in [2.24, 2.45) is 5.92 Å². The monoisotopic (exact) mass is 373 g/mol. The average Bonchev–Trinajstić information content (AvgIpc) is 3.21. The lowest BCUT2D eigenvalue weighted by Gasteiger charge is -2.28. The molecule has 0 saturated carbocycles. The second-order valence-corrected chi connectivity index (χ2v) is 8.73. The number of nitrogens with zero attached hydrogens (tertiary/aromatic N) is 1. The lowest BCUT2D eigenvalue weighted by Crippen LogP contribution is -2.39. The van der Waals surface area contributed by atoms with Crippen LogP contribution in [-0.4, -0.2) is 29.2 Å². The van der Waals surface area contributed by atoms with Crippen LogP contribution in [0.2, 0.25) is 0 Å². The van der Waals surface area contributed by atoms with Crippen LogP contribution in [0.25, 0.3) is 11.3 Å². The molecule has 2 unspecified atom stereocenters. The van der Waals surface area contributed by atoms with Crippen LogP contribution in [0.3, 0.4) is 0 Å². The van der Waals surface area contributed by atoms with E-state index in [2.05, 4.69) is 46.1 Å². The fraction of sp³-hybridized carbons (Fsp3) is 0.474. The van der Waals surface area contributed by atoms with Crippen molar-refractivity contribution in [3.05, 3.63) is 29.6 Å². The number of thioether (sulfide) groups is 1. The fourth-order valence-electron chi connectivity index (χ4n) is 4.00. The molecule has 0 spiro atoms. The third-order valence-electron chi connectivity index (χ3n) is 5.18. The molecule has 1 amide bonds. The lowest BCUT2D eigenvalue weighted by molar-refractivity contribution is -0.117. The topological polar surface area (TPSA) is 54.0 Å². The molecule has 1 aromatic carbocycles. The first-order valence-electron chi connectivity index (χ1n) is 8.85. The molecule has 2 bridgehead atoms. The van der Waals surface area contributed by atoms with Gasteiger partial charge in [-0.2, -0.15) is 0 Å². The van der Waals surface area contributed by atoms with Gasteiger partial charge in [0.2, 0.25) is 5.91 Å². The Morgan fingerprint density at radius 1 is 1.28 bits per heavy atom. The summed E-state index contributed by atoms with van der Waals surface area (Å²) in [5, 5.41) is 9.33. The van der Waals surface area contributed by atoms with Gasteiger partial charge in [-0.25, -0.2) is 4.98 Å². The molecule has 2 aromatic rings. The van der Waals surface area contributed by atoms with Crippen molar-refractivity contribution in [3.8, 4) is 11.3 Å². The van der Waals surface area contributed by atoms with Crippen molar-refractivity contribution in [2.75, 3.05) is 11.6 Å². The number of thiazole rings is 1. The number of piperidine rings is 1. The van der Waals surface area contributed by atoms with Crippen LogP contribution in [0.4, 0.5) is 5.13 Å². The van der Waals surface area contributed by atoms with Gasteiger partial charge >= 0.3 is 0 Å². The molecule has 2 saturated heterocycles. The van der Waals surface area contributed by atoms with Crippen molar-refractivity contribution in [2.45, 2.75) is 49.1 Å². The number of anilines is 1. The standard InChI is InChI=1S/C19H23N3OS2/c1-24-16-6-2-13(3-7-16)17-11-25-19(21-17)22-18(23)10-12-8-14-4-5-15(9-12)20-14/h2-3,6-7,11-12,14-15,20H,4-5,8-10H2,1H3,(H,21,22,23). The molecule has 4 rings (SSSR count). The molecule has 2 N–H and O–H groups in total. The zero-order valence-electron chi connectivity index (χ0n) is 14.3. The van der Waals surface area contributed by atoms with E-state index in [0.29, 0.717) is 29.6 Å². The number of carbonyl (C=O) groups excluding carboxylic acids is 1. The Bertz CT molecular complexity index is 731. The zero-order chi connectivity index (χ0) is 17.2. The minimum absolute atomic E-state index is 0.102. The van der Waals surface area contributed by atoms with E-state index < -0.39 is 0 Å². The van der Waals surface area contributed by atoms with Gasteiger partial charge in [-0.3, -0.25) is 4.79 Å². The first-order chi connectivity index (χ1) is 12.2. The van der Waals surface area contributed by atoms with Crippen molar-refractivity contribution >= 4 is 34.1 Å². The summed E-state index contributed by atoms with van der Waals surface area (Å²) in [7, 11) is 0. The Morgan fingerprint density at radius 3 is 2.68 bits per heavy atom. The summed E-state index contributed by atoms with van der Waals surface area (Å²) in [6.45, 7) is 0. The first kappa shape index (κ1) is 17.1. The number of hydrogen-bond acceptors (Lipinski definition) is 5. The minimum atomic E-state index is 0.102. The number of rotatable bonds is 5. The van der Waals surface area contributed by atoms with Crippen LogP contribution in [0.1, 0.15) is 32.1 Å². The van der Waals surface area contributed by atoms with E-state index in [0.717, 1.165) is 24.1 Å². The smallest absolute Gasteiger partial charge is 0.226 e. The van der Waals surface area contributed by atoms with Crippen molar-refractivity contribution in [1.29, 1.82) is 0 Å². The van der Waals surface area contributed by atoms with Crippen molar-refractivity contribution in [3.63, 3.8) is 0 Å². The maximum absolute atomic E-state index is 12.4.